The van der Waals surface area contributed by atoms with Crippen molar-refractivity contribution in [3.63, 3.8) is 0 Å². The Kier molecular flexibility index (Phi) is 8.50. The van der Waals surface area contributed by atoms with Crippen LogP contribution in [0.25, 0.3) is 0 Å². The Hall–Kier alpha value is -5.16. The first-order valence-electron chi connectivity index (χ1n) is 16.5. The fraction of sp³-hybridized carbons (Fsp3) is 0.238. The van der Waals surface area contributed by atoms with Gasteiger partial charge in [-0.25, -0.2) is 0 Å². The van der Waals surface area contributed by atoms with E-state index in [-0.39, 0.29) is 11.6 Å². The molecule has 0 radical (unpaired) electrons. The van der Waals surface area contributed by atoms with Crippen molar-refractivity contribution in [3.05, 3.63) is 145 Å². The largest absolute Gasteiger partial charge is 0.398 e. The molecule has 0 bridgehead atoms. The highest BCUT2D eigenvalue weighted by molar-refractivity contribution is 6.32. The number of aryl methyl sites for hydroxylation is 7. The summed E-state index contributed by atoms with van der Waals surface area (Å²) in [6.45, 7) is 14.6. The van der Waals surface area contributed by atoms with E-state index in [2.05, 4.69) is 95.5 Å². The molecule has 0 atom stereocenters. The van der Waals surface area contributed by atoms with Gasteiger partial charge in [0, 0.05) is 28.2 Å². The van der Waals surface area contributed by atoms with Gasteiger partial charge in [-0.3, -0.25) is 9.59 Å². The number of hydrogen-bond donors (Lipinski definition) is 3. The molecule has 4 N–H and O–H groups in total. The second-order valence-corrected chi connectivity index (χ2v) is 13.0. The Balaban J connectivity index is 1.43. The molecule has 5 heteroatoms. The molecule has 0 unspecified atom stereocenters. The van der Waals surface area contributed by atoms with Crippen molar-refractivity contribution < 1.29 is 9.59 Å². The van der Waals surface area contributed by atoms with E-state index >= 15 is 0 Å². The Morgan fingerprint density at radius 2 is 1.04 bits per heavy atom. The van der Waals surface area contributed by atoms with Crippen LogP contribution in [0, 0.1) is 34.6 Å². The van der Waals surface area contributed by atoms with Crippen LogP contribution in [0.4, 0.5) is 28.4 Å². The van der Waals surface area contributed by atoms with Crippen molar-refractivity contribution in [3.8, 4) is 0 Å². The smallest absolute Gasteiger partial charge is 0.196 e. The Bertz CT molecular complexity index is 2070. The number of rotatable bonds is 8. The Labute approximate surface area is 278 Å². The highest BCUT2D eigenvalue weighted by atomic mass is 16.1. The van der Waals surface area contributed by atoms with Crippen molar-refractivity contribution in [1.82, 2.24) is 0 Å². The molecule has 0 aliphatic heterocycles. The monoisotopic (exact) mass is 621 g/mol. The first-order valence-corrected chi connectivity index (χ1v) is 16.5. The Morgan fingerprint density at radius 3 is 1.57 bits per heavy atom. The second-order valence-electron chi connectivity index (χ2n) is 13.0. The van der Waals surface area contributed by atoms with E-state index in [1.54, 1.807) is 12.1 Å². The molecule has 5 aromatic carbocycles. The van der Waals surface area contributed by atoms with Crippen molar-refractivity contribution in [2.75, 3.05) is 16.4 Å². The molecule has 47 heavy (non-hydrogen) atoms. The molecule has 0 heterocycles. The summed E-state index contributed by atoms with van der Waals surface area (Å²) in [7, 11) is 0. The first-order chi connectivity index (χ1) is 22.5. The van der Waals surface area contributed by atoms with Gasteiger partial charge in [0.15, 0.2) is 11.6 Å². The third kappa shape index (κ3) is 5.83. The highest BCUT2D eigenvalue weighted by Gasteiger charge is 2.34. The van der Waals surface area contributed by atoms with Gasteiger partial charge in [-0.2, -0.15) is 0 Å². The SMILES string of the molecule is CCc1cc(Cc2cc(C)c(Nc3ccc(Nc4c(C)cc(C)cc4C)c4c3C(=O)c3ccccc3C4=O)c(CC)c2)cc(C)c1N. The topological polar surface area (TPSA) is 84.2 Å². The number of nitrogens with two attached hydrogens (primary N) is 1. The van der Waals surface area contributed by atoms with E-state index in [0.717, 1.165) is 64.1 Å². The predicted molar refractivity (Wildman–Crippen MR) is 195 cm³/mol. The third-order valence-corrected chi connectivity index (χ3v) is 9.45. The minimum Gasteiger partial charge on any atom is -0.398 e. The molecule has 0 saturated carbocycles. The summed E-state index contributed by atoms with van der Waals surface area (Å²) in [5.74, 6) is -0.312. The summed E-state index contributed by atoms with van der Waals surface area (Å²) in [4.78, 5) is 28.4. The molecule has 1 aliphatic carbocycles. The molecule has 0 saturated heterocycles. The van der Waals surface area contributed by atoms with Crippen LogP contribution in [0.3, 0.4) is 0 Å². The molecule has 238 valence electrons. The molecule has 5 aromatic rings. The van der Waals surface area contributed by atoms with E-state index < -0.39 is 0 Å². The number of ketones is 2. The summed E-state index contributed by atoms with van der Waals surface area (Å²) in [5, 5.41) is 7.17. The van der Waals surface area contributed by atoms with Crippen LogP contribution in [0.1, 0.15) is 95.8 Å². The maximum absolute atomic E-state index is 14.2. The van der Waals surface area contributed by atoms with Crippen LogP contribution >= 0.6 is 0 Å². The van der Waals surface area contributed by atoms with Crippen LogP contribution in [0.5, 0.6) is 0 Å². The number of nitrogens with one attached hydrogen (secondary N) is 2. The van der Waals surface area contributed by atoms with Gasteiger partial charge in [0.25, 0.3) is 0 Å². The van der Waals surface area contributed by atoms with Crippen LogP contribution in [-0.2, 0) is 19.3 Å². The average molecular weight is 622 g/mol. The van der Waals surface area contributed by atoms with Gasteiger partial charge in [-0.1, -0.05) is 80.1 Å². The Morgan fingerprint density at radius 1 is 0.574 bits per heavy atom. The zero-order chi connectivity index (χ0) is 33.6. The minimum absolute atomic E-state index is 0.156. The van der Waals surface area contributed by atoms with Crippen LogP contribution in [-0.4, -0.2) is 11.6 Å². The van der Waals surface area contributed by atoms with Crippen LogP contribution in [0.15, 0.2) is 72.8 Å². The van der Waals surface area contributed by atoms with E-state index in [1.807, 2.05) is 24.3 Å². The van der Waals surface area contributed by atoms with Crippen molar-refractivity contribution in [1.29, 1.82) is 0 Å². The highest BCUT2D eigenvalue weighted by Crippen LogP contribution is 2.40. The minimum atomic E-state index is -0.156. The standard InChI is InChI=1S/C42H43N3O2/c1-8-30-21-28(18-24(4)38(30)43)20-29-19-27(7)40(31(9-2)22-29)45-35-15-14-34(44-39-25(5)16-23(3)17-26(39)6)36-37(35)42(47)33-13-11-10-12-32(33)41(36)46/h10-19,21-22,44-45H,8-9,20,43H2,1-7H3. The molecule has 0 fully saturated rings. The number of nitrogen functional groups attached to an aromatic ring is 1. The van der Waals surface area contributed by atoms with Gasteiger partial charge < -0.3 is 16.4 Å². The molecular weight excluding hydrogens is 578 g/mol. The van der Waals surface area contributed by atoms with Crippen molar-refractivity contribution >= 4 is 40.0 Å². The fourth-order valence-electron chi connectivity index (χ4n) is 7.16. The normalized spacial score (nSPS) is 12.1. The van der Waals surface area contributed by atoms with E-state index in [4.69, 9.17) is 5.73 Å². The van der Waals surface area contributed by atoms with Gasteiger partial charge in [0.05, 0.1) is 22.5 Å². The molecular formula is C42H43N3O2. The van der Waals surface area contributed by atoms with E-state index in [9.17, 15) is 9.59 Å². The zero-order valence-corrected chi connectivity index (χ0v) is 28.4. The summed E-state index contributed by atoms with van der Waals surface area (Å²) in [6.07, 6.45) is 2.51. The number of carbonyl (C=O) groups excluding carboxylic acids is 2. The predicted octanol–water partition coefficient (Wildman–Crippen LogP) is 9.79. The van der Waals surface area contributed by atoms with Crippen molar-refractivity contribution in [2.45, 2.75) is 67.7 Å². The van der Waals surface area contributed by atoms with Gasteiger partial charge in [-0.15, -0.1) is 0 Å². The number of fused-ring (bicyclic) bond motifs is 2. The quantitative estimate of drug-likeness (QED) is 0.147. The molecule has 0 spiro atoms. The van der Waals surface area contributed by atoms with Crippen LogP contribution in [0.2, 0.25) is 0 Å². The van der Waals surface area contributed by atoms with Gasteiger partial charge in [0.2, 0.25) is 0 Å². The lowest BCUT2D eigenvalue weighted by atomic mass is 9.82. The molecule has 5 nitrogen and oxygen atoms in total. The molecule has 0 amide bonds. The van der Waals surface area contributed by atoms with Crippen molar-refractivity contribution in [2.24, 2.45) is 0 Å². The maximum Gasteiger partial charge on any atom is 0.196 e. The fourth-order valence-corrected chi connectivity index (χ4v) is 7.16. The molecule has 6 rings (SSSR count). The average Bonchev–Trinajstić information content (AvgIpc) is 3.04. The second kappa shape index (κ2) is 12.6. The van der Waals surface area contributed by atoms with Crippen LogP contribution < -0.4 is 16.4 Å². The van der Waals surface area contributed by atoms with Gasteiger partial charge in [-0.05, 0) is 111 Å². The maximum atomic E-state index is 14.2. The zero-order valence-electron chi connectivity index (χ0n) is 28.4. The lowest BCUT2D eigenvalue weighted by Gasteiger charge is -2.26. The summed E-state index contributed by atoms with van der Waals surface area (Å²) in [6, 6.07) is 24.1. The first kappa shape index (κ1) is 31.8. The third-order valence-electron chi connectivity index (χ3n) is 9.45. The number of anilines is 5. The number of carbonyl (C=O) groups is 2. The summed E-state index contributed by atoms with van der Waals surface area (Å²) in [5.41, 5.74) is 22.4. The summed E-state index contributed by atoms with van der Waals surface area (Å²) >= 11 is 0. The number of benzene rings is 5. The lowest BCUT2D eigenvalue weighted by Crippen LogP contribution is -2.23. The van der Waals surface area contributed by atoms with E-state index in [1.165, 1.54) is 22.3 Å². The van der Waals surface area contributed by atoms with E-state index in [0.29, 0.717) is 33.6 Å². The molecule has 0 aromatic heterocycles. The van der Waals surface area contributed by atoms with Gasteiger partial charge >= 0.3 is 0 Å². The summed E-state index contributed by atoms with van der Waals surface area (Å²) < 4.78 is 0. The number of hydrogen-bond acceptors (Lipinski definition) is 5. The molecule has 1 aliphatic rings. The van der Waals surface area contributed by atoms with Gasteiger partial charge in [0.1, 0.15) is 0 Å². The lowest BCUT2D eigenvalue weighted by molar-refractivity contribution is 0.0980.